The highest BCUT2D eigenvalue weighted by molar-refractivity contribution is 7.99. The number of fused-ring (bicyclic) bond motifs is 3. The van der Waals surface area contributed by atoms with Crippen LogP contribution < -0.4 is 0 Å². The Morgan fingerprint density at radius 2 is 2.04 bits per heavy atom. The zero-order valence-electron chi connectivity index (χ0n) is 14.0. The number of H-pyrrole nitrogens is 1. The van der Waals surface area contributed by atoms with Crippen molar-refractivity contribution in [3.05, 3.63) is 59.4 Å². The standard InChI is InChI=1S/C19H15FN4OS/c1-2-11-7-8-15-13(9-11)17-18(21-15)22-19(24-23-17)26-10-16(25)12-5-3-4-6-14(12)20/h3-9H,2,10H2,1H3,(H,21,22,24). The number of hydrogen-bond acceptors (Lipinski definition) is 5. The lowest BCUT2D eigenvalue weighted by Crippen LogP contribution is -2.06. The Hall–Kier alpha value is -2.80. The number of carbonyl (C=O) groups excluding carboxylic acids is 1. The van der Waals surface area contributed by atoms with Crippen molar-refractivity contribution in [3.8, 4) is 0 Å². The Kier molecular flexibility index (Phi) is 4.38. The number of aromatic nitrogens is 4. The molecule has 0 atom stereocenters. The first kappa shape index (κ1) is 16.7. The minimum Gasteiger partial charge on any atom is -0.338 e. The van der Waals surface area contributed by atoms with Crippen molar-refractivity contribution in [2.24, 2.45) is 0 Å². The van der Waals surface area contributed by atoms with Crippen LogP contribution in [0.25, 0.3) is 22.1 Å². The van der Waals surface area contributed by atoms with Gasteiger partial charge in [0.25, 0.3) is 0 Å². The summed E-state index contributed by atoms with van der Waals surface area (Å²) in [4.78, 5) is 19.8. The molecule has 0 amide bonds. The zero-order valence-corrected chi connectivity index (χ0v) is 14.8. The molecule has 4 aromatic rings. The number of aromatic amines is 1. The van der Waals surface area contributed by atoms with Crippen LogP contribution in [0.15, 0.2) is 47.6 Å². The number of carbonyl (C=O) groups is 1. The van der Waals surface area contributed by atoms with E-state index in [9.17, 15) is 9.18 Å². The molecule has 0 fully saturated rings. The van der Waals surface area contributed by atoms with Crippen LogP contribution >= 0.6 is 11.8 Å². The fourth-order valence-electron chi connectivity index (χ4n) is 2.78. The molecule has 0 bridgehead atoms. The van der Waals surface area contributed by atoms with Crippen molar-refractivity contribution in [2.45, 2.75) is 18.5 Å². The highest BCUT2D eigenvalue weighted by Crippen LogP contribution is 2.25. The van der Waals surface area contributed by atoms with Gasteiger partial charge in [0.05, 0.1) is 11.3 Å². The molecule has 0 aliphatic heterocycles. The fourth-order valence-corrected chi connectivity index (χ4v) is 3.45. The predicted octanol–water partition coefficient (Wildman–Crippen LogP) is 4.18. The molecule has 1 N–H and O–H groups in total. The number of halogens is 1. The smallest absolute Gasteiger partial charge is 0.211 e. The second kappa shape index (κ2) is 6.84. The van der Waals surface area contributed by atoms with Crippen molar-refractivity contribution in [2.75, 3.05) is 5.75 Å². The van der Waals surface area contributed by atoms with Crippen LogP contribution in [-0.2, 0) is 6.42 Å². The molecule has 2 aromatic heterocycles. The van der Waals surface area contributed by atoms with Gasteiger partial charge in [-0.05, 0) is 36.2 Å². The third-order valence-corrected chi connectivity index (χ3v) is 5.01. The second-order valence-corrected chi connectivity index (χ2v) is 6.78. The first-order valence-corrected chi connectivity index (χ1v) is 9.20. The quantitative estimate of drug-likeness (QED) is 0.424. The summed E-state index contributed by atoms with van der Waals surface area (Å²) in [6, 6.07) is 12.1. The molecular weight excluding hydrogens is 351 g/mol. The summed E-state index contributed by atoms with van der Waals surface area (Å²) in [5, 5.41) is 9.74. The molecule has 4 rings (SSSR count). The zero-order chi connectivity index (χ0) is 18.1. The van der Waals surface area contributed by atoms with E-state index in [1.54, 1.807) is 12.1 Å². The second-order valence-electron chi connectivity index (χ2n) is 5.84. The fraction of sp³-hybridized carbons (Fsp3) is 0.158. The lowest BCUT2D eigenvalue weighted by molar-refractivity contribution is 0.101. The van der Waals surface area contributed by atoms with Crippen LogP contribution in [0.2, 0.25) is 0 Å². The molecule has 7 heteroatoms. The summed E-state index contributed by atoms with van der Waals surface area (Å²) < 4.78 is 13.7. The highest BCUT2D eigenvalue weighted by Gasteiger charge is 2.14. The minimum absolute atomic E-state index is 0.0499. The van der Waals surface area contributed by atoms with Crippen molar-refractivity contribution >= 4 is 39.6 Å². The molecule has 2 heterocycles. The molecule has 0 radical (unpaired) electrons. The van der Waals surface area contributed by atoms with E-state index < -0.39 is 5.82 Å². The molecule has 2 aromatic carbocycles. The lowest BCUT2D eigenvalue weighted by atomic mass is 10.1. The number of Topliss-reactive ketones (excluding diaryl/α,β-unsaturated/α-hetero) is 1. The highest BCUT2D eigenvalue weighted by atomic mass is 32.2. The number of nitrogens with zero attached hydrogens (tertiary/aromatic N) is 3. The molecule has 0 saturated carbocycles. The van der Waals surface area contributed by atoms with Crippen LogP contribution in [0.5, 0.6) is 0 Å². The largest absolute Gasteiger partial charge is 0.338 e. The van der Waals surface area contributed by atoms with Crippen molar-refractivity contribution in [1.82, 2.24) is 20.2 Å². The van der Waals surface area contributed by atoms with Gasteiger partial charge in [0.15, 0.2) is 11.4 Å². The minimum atomic E-state index is -0.519. The van der Waals surface area contributed by atoms with Crippen LogP contribution in [0.4, 0.5) is 4.39 Å². The molecule has 0 saturated heterocycles. The molecule has 0 spiro atoms. The van der Waals surface area contributed by atoms with Gasteiger partial charge in [-0.15, -0.1) is 10.2 Å². The number of thioether (sulfide) groups is 1. The van der Waals surface area contributed by atoms with E-state index in [-0.39, 0.29) is 17.1 Å². The molecule has 130 valence electrons. The SMILES string of the molecule is CCc1ccc2[nH]c3nc(SCC(=O)c4ccccc4F)nnc3c2c1. The van der Waals surface area contributed by atoms with Gasteiger partial charge in [0.2, 0.25) is 5.16 Å². The van der Waals surface area contributed by atoms with Gasteiger partial charge in [-0.3, -0.25) is 4.79 Å². The first-order valence-electron chi connectivity index (χ1n) is 8.21. The van der Waals surface area contributed by atoms with Gasteiger partial charge in [-0.25, -0.2) is 9.37 Å². The topological polar surface area (TPSA) is 71.5 Å². The number of nitrogens with one attached hydrogen (secondary N) is 1. The van der Waals surface area contributed by atoms with Gasteiger partial charge < -0.3 is 4.98 Å². The van der Waals surface area contributed by atoms with Crippen molar-refractivity contribution in [3.63, 3.8) is 0 Å². The molecule has 5 nitrogen and oxygen atoms in total. The maximum atomic E-state index is 13.7. The van der Waals surface area contributed by atoms with Gasteiger partial charge >= 0.3 is 0 Å². The Morgan fingerprint density at radius 1 is 1.19 bits per heavy atom. The van der Waals surface area contributed by atoms with Crippen LogP contribution in [-0.4, -0.2) is 31.7 Å². The van der Waals surface area contributed by atoms with Crippen molar-refractivity contribution < 1.29 is 9.18 Å². The van der Waals surface area contributed by atoms with E-state index in [1.807, 2.05) is 6.07 Å². The van der Waals surface area contributed by atoms with Gasteiger partial charge in [-0.2, -0.15) is 0 Å². The monoisotopic (exact) mass is 366 g/mol. The van der Waals surface area contributed by atoms with Gasteiger partial charge in [-0.1, -0.05) is 36.9 Å². The van der Waals surface area contributed by atoms with E-state index in [1.165, 1.54) is 17.7 Å². The Balaban J connectivity index is 1.59. The van der Waals surface area contributed by atoms with Crippen LogP contribution in [0.3, 0.4) is 0 Å². The molecule has 26 heavy (non-hydrogen) atoms. The van der Waals surface area contributed by atoms with Crippen LogP contribution in [0, 0.1) is 5.82 Å². The Bertz CT molecular complexity index is 1130. The van der Waals surface area contributed by atoms with Gasteiger partial charge in [0, 0.05) is 10.9 Å². The Morgan fingerprint density at radius 3 is 2.85 bits per heavy atom. The third kappa shape index (κ3) is 3.06. The van der Waals surface area contributed by atoms with E-state index in [0.717, 1.165) is 29.1 Å². The van der Waals surface area contributed by atoms with E-state index >= 15 is 0 Å². The van der Waals surface area contributed by atoms with E-state index in [0.29, 0.717) is 16.3 Å². The Labute approximate surface area is 153 Å². The number of hydrogen-bond donors (Lipinski definition) is 1. The summed E-state index contributed by atoms with van der Waals surface area (Å²) in [5.41, 5.74) is 3.58. The summed E-state index contributed by atoms with van der Waals surface area (Å²) in [6.07, 6.45) is 0.940. The summed E-state index contributed by atoms with van der Waals surface area (Å²) in [7, 11) is 0. The van der Waals surface area contributed by atoms with Crippen molar-refractivity contribution in [1.29, 1.82) is 0 Å². The normalized spacial score (nSPS) is 11.3. The third-order valence-electron chi connectivity index (χ3n) is 4.17. The lowest BCUT2D eigenvalue weighted by Gasteiger charge is -2.01. The van der Waals surface area contributed by atoms with Crippen LogP contribution in [0.1, 0.15) is 22.8 Å². The number of aryl methyl sites for hydroxylation is 1. The summed E-state index contributed by atoms with van der Waals surface area (Å²) in [5.74, 6) is -0.773. The summed E-state index contributed by atoms with van der Waals surface area (Å²) in [6.45, 7) is 2.10. The number of rotatable bonds is 5. The van der Waals surface area contributed by atoms with E-state index in [4.69, 9.17) is 0 Å². The molecular formula is C19H15FN4OS. The summed E-state index contributed by atoms with van der Waals surface area (Å²) >= 11 is 1.14. The molecule has 0 unspecified atom stereocenters. The maximum Gasteiger partial charge on any atom is 0.211 e. The van der Waals surface area contributed by atoms with E-state index in [2.05, 4.69) is 39.2 Å². The molecule has 0 aliphatic carbocycles. The number of benzene rings is 2. The predicted molar refractivity (Wildman–Crippen MR) is 100 cm³/mol. The number of ketones is 1. The average Bonchev–Trinajstić information content (AvgIpc) is 3.03. The maximum absolute atomic E-state index is 13.7. The first-order chi connectivity index (χ1) is 12.7. The molecule has 0 aliphatic rings. The average molecular weight is 366 g/mol. The van der Waals surface area contributed by atoms with Gasteiger partial charge in [0.1, 0.15) is 11.3 Å².